The Morgan fingerprint density at radius 1 is 1.41 bits per heavy atom. The molecule has 1 saturated heterocycles. The summed E-state index contributed by atoms with van der Waals surface area (Å²) in [6, 6.07) is 2.68. The van der Waals surface area contributed by atoms with Crippen LogP contribution in [0, 0.1) is 0 Å². The number of alkyl halides is 3. The van der Waals surface area contributed by atoms with Gasteiger partial charge in [0.25, 0.3) is 0 Å². The molecule has 154 valence electrons. The highest BCUT2D eigenvalue weighted by Gasteiger charge is 2.35. The maximum Gasteiger partial charge on any atom is 0.421 e. The van der Waals surface area contributed by atoms with Crippen LogP contribution in [-0.4, -0.2) is 61.7 Å². The summed E-state index contributed by atoms with van der Waals surface area (Å²) < 4.78 is 43.8. The SMILES string of the molecule is CCN1CCCC1CNC(=NC)NCCOc1ncccc1C(F)(F)F.I. The minimum absolute atomic E-state index is 0. The third-order valence-electron chi connectivity index (χ3n) is 4.34. The highest BCUT2D eigenvalue weighted by atomic mass is 127. The van der Waals surface area contributed by atoms with Crippen molar-refractivity contribution in [3.05, 3.63) is 23.9 Å². The van der Waals surface area contributed by atoms with Crippen molar-refractivity contribution in [1.29, 1.82) is 0 Å². The van der Waals surface area contributed by atoms with E-state index in [2.05, 4.69) is 32.4 Å². The number of ether oxygens (including phenoxy) is 1. The van der Waals surface area contributed by atoms with E-state index in [1.807, 2.05) is 0 Å². The highest BCUT2D eigenvalue weighted by Crippen LogP contribution is 2.34. The number of likely N-dealkylation sites (tertiary alicyclic amines) is 1. The van der Waals surface area contributed by atoms with Gasteiger partial charge in [0.1, 0.15) is 12.2 Å². The summed E-state index contributed by atoms with van der Waals surface area (Å²) >= 11 is 0. The Morgan fingerprint density at radius 2 is 2.19 bits per heavy atom. The van der Waals surface area contributed by atoms with Gasteiger partial charge in [0, 0.05) is 25.8 Å². The summed E-state index contributed by atoms with van der Waals surface area (Å²) in [5, 5.41) is 6.30. The lowest BCUT2D eigenvalue weighted by molar-refractivity contribution is -0.139. The molecule has 10 heteroatoms. The van der Waals surface area contributed by atoms with E-state index in [4.69, 9.17) is 4.74 Å². The molecule has 1 aliphatic heterocycles. The number of pyridine rings is 1. The summed E-state index contributed by atoms with van der Waals surface area (Å²) in [7, 11) is 1.66. The first-order valence-electron chi connectivity index (χ1n) is 8.79. The van der Waals surface area contributed by atoms with Crippen LogP contribution in [0.2, 0.25) is 0 Å². The van der Waals surface area contributed by atoms with E-state index in [-0.39, 0.29) is 30.6 Å². The second-order valence-electron chi connectivity index (χ2n) is 6.01. The van der Waals surface area contributed by atoms with Crippen molar-refractivity contribution in [2.45, 2.75) is 32.0 Å². The number of guanidine groups is 1. The molecule has 2 N–H and O–H groups in total. The maximum atomic E-state index is 12.9. The monoisotopic (exact) mass is 501 g/mol. The fourth-order valence-corrected chi connectivity index (χ4v) is 3.02. The molecule has 1 aliphatic rings. The molecule has 1 atom stereocenters. The van der Waals surface area contributed by atoms with Gasteiger partial charge in [-0.05, 0) is 38.1 Å². The minimum Gasteiger partial charge on any atom is -0.475 e. The zero-order chi connectivity index (χ0) is 19.0. The lowest BCUT2D eigenvalue weighted by Gasteiger charge is -2.24. The number of aromatic nitrogens is 1. The third-order valence-corrected chi connectivity index (χ3v) is 4.34. The molecule has 0 amide bonds. The third kappa shape index (κ3) is 7.32. The first-order chi connectivity index (χ1) is 12.5. The second kappa shape index (κ2) is 11.5. The Bertz CT molecular complexity index is 600. The molecule has 1 fully saturated rings. The molecule has 0 bridgehead atoms. The van der Waals surface area contributed by atoms with Crippen LogP contribution in [0.3, 0.4) is 0 Å². The average Bonchev–Trinajstić information content (AvgIpc) is 3.08. The van der Waals surface area contributed by atoms with Crippen molar-refractivity contribution in [1.82, 2.24) is 20.5 Å². The smallest absolute Gasteiger partial charge is 0.421 e. The number of nitrogens with zero attached hydrogens (tertiary/aromatic N) is 3. The van der Waals surface area contributed by atoms with Crippen LogP contribution < -0.4 is 15.4 Å². The summed E-state index contributed by atoms with van der Waals surface area (Å²) in [6.45, 7) is 5.44. The molecule has 2 heterocycles. The molecule has 0 aromatic carbocycles. The van der Waals surface area contributed by atoms with Gasteiger partial charge in [0.2, 0.25) is 5.88 Å². The summed E-state index contributed by atoms with van der Waals surface area (Å²) in [4.78, 5) is 10.2. The largest absolute Gasteiger partial charge is 0.475 e. The normalized spacial score (nSPS) is 18.1. The summed E-state index contributed by atoms with van der Waals surface area (Å²) in [6.07, 6.45) is -0.854. The number of aliphatic imine (C=N–C) groups is 1. The quantitative estimate of drug-likeness (QED) is 0.261. The molecule has 6 nitrogen and oxygen atoms in total. The van der Waals surface area contributed by atoms with Crippen molar-refractivity contribution in [3.8, 4) is 5.88 Å². The van der Waals surface area contributed by atoms with Gasteiger partial charge in [0.15, 0.2) is 5.96 Å². The van der Waals surface area contributed by atoms with E-state index in [9.17, 15) is 13.2 Å². The van der Waals surface area contributed by atoms with Gasteiger partial charge in [-0.15, -0.1) is 24.0 Å². The van der Waals surface area contributed by atoms with Crippen LogP contribution in [0.15, 0.2) is 23.3 Å². The molecule has 1 aromatic rings. The average molecular weight is 501 g/mol. The first-order valence-corrected chi connectivity index (χ1v) is 8.79. The summed E-state index contributed by atoms with van der Waals surface area (Å²) in [5.41, 5.74) is -0.872. The van der Waals surface area contributed by atoms with Gasteiger partial charge in [-0.25, -0.2) is 4.98 Å². The molecule has 0 radical (unpaired) electrons. The fourth-order valence-electron chi connectivity index (χ4n) is 3.02. The van der Waals surface area contributed by atoms with Gasteiger partial charge in [0.05, 0.1) is 6.54 Å². The predicted molar refractivity (Wildman–Crippen MR) is 110 cm³/mol. The van der Waals surface area contributed by atoms with E-state index in [1.165, 1.54) is 18.7 Å². The van der Waals surface area contributed by atoms with Crippen LogP contribution >= 0.6 is 24.0 Å². The molecule has 27 heavy (non-hydrogen) atoms. The zero-order valence-electron chi connectivity index (χ0n) is 15.6. The van der Waals surface area contributed by atoms with Crippen LogP contribution in [0.5, 0.6) is 5.88 Å². The Kier molecular flexibility index (Phi) is 10.1. The number of likely N-dealkylation sites (N-methyl/N-ethyl adjacent to an activating group) is 1. The number of nitrogens with one attached hydrogen (secondary N) is 2. The first kappa shape index (κ1) is 23.7. The van der Waals surface area contributed by atoms with Crippen LogP contribution in [0.1, 0.15) is 25.3 Å². The molecular formula is C17H27F3IN5O. The minimum atomic E-state index is -4.49. The standard InChI is InChI=1S/C17H26F3N5O.HI/c1-3-25-10-5-6-13(25)12-24-16(21-2)23-9-11-26-15-14(17(18,19)20)7-4-8-22-15;/h4,7-8,13H,3,5-6,9-12H2,1-2H3,(H2,21,23,24);1H. The number of hydrogen-bond donors (Lipinski definition) is 2. The van der Waals surface area contributed by atoms with E-state index in [0.29, 0.717) is 18.5 Å². The maximum absolute atomic E-state index is 12.9. The van der Waals surface area contributed by atoms with Gasteiger partial charge >= 0.3 is 6.18 Å². The van der Waals surface area contributed by atoms with Gasteiger partial charge < -0.3 is 15.4 Å². The van der Waals surface area contributed by atoms with E-state index < -0.39 is 17.6 Å². The van der Waals surface area contributed by atoms with Crippen LogP contribution in [0.25, 0.3) is 0 Å². The molecule has 1 unspecified atom stereocenters. The van der Waals surface area contributed by atoms with E-state index in [0.717, 1.165) is 32.1 Å². The Labute approximate surface area is 175 Å². The van der Waals surface area contributed by atoms with Gasteiger partial charge in [-0.2, -0.15) is 13.2 Å². The van der Waals surface area contributed by atoms with Gasteiger partial charge in [-0.3, -0.25) is 9.89 Å². The Balaban J connectivity index is 0.00000364. The van der Waals surface area contributed by atoms with Crippen LogP contribution in [-0.2, 0) is 6.18 Å². The Morgan fingerprint density at radius 3 is 2.85 bits per heavy atom. The van der Waals surface area contributed by atoms with E-state index >= 15 is 0 Å². The lowest BCUT2D eigenvalue weighted by atomic mass is 10.2. The lowest BCUT2D eigenvalue weighted by Crippen LogP contribution is -2.45. The topological polar surface area (TPSA) is 61.8 Å². The molecule has 0 aliphatic carbocycles. The zero-order valence-corrected chi connectivity index (χ0v) is 17.9. The molecule has 2 rings (SSSR count). The molecular weight excluding hydrogens is 474 g/mol. The van der Waals surface area contributed by atoms with Crippen molar-refractivity contribution < 1.29 is 17.9 Å². The number of halogens is 4. The molecule has 1 aromatic heterocycles. The van der Waals surface area contributed by atoms with Crippen molar-refractivity contribution in [3.63, 3.8) is 0 Å². The molecule has 0 spiro atoms. The second-order valence-corrected chi connectivity index (χ2v) is 6.01. The summed E-state index contributed by atoms with van der Waals surface area (Å²) in [5.74, 6) is 0.197. The predicted octanol–water partition coefficient (Wildman–Crippen LogP) is 2.75. The van der Waals surface area contributed by atoms with Gasteiger partial charge in [-0.1, -0.05) is 6.92 Å². The fraction of sp³-hybridized carbons (Fsp3) is 0.647. The van der Waals surface area contributed by atoms with Crippen molar-refractivity contribution in [2.75, 3.05) is 39.8 Å². The van der Waals surface area contributed by atoms with Crippen LogP contribution in [0.4, 0.5) is 13.2 Å². The number of rotatable bonds is 7. The van der Waals surface area contributed by atoms with Crippen molar-refractivity contribution >= 4 is 29.9 Å². The van der Waals surface area contributed by atoms with Crippen molar-refractivity contribution in [2.24, 2.45) is 4.99 Å². The number of hydrogen-bond acceptors (Lipinski definition) is 4. The highest BCUT2D eigenvalue weighted by molar-refractivity contribution is 14.0. The van der Waals surface area contributed by atoms with E-state index in [1.54, 1.807) is 7.05 Å². The Hall–Kier alpha value is -1.30. The molecule has 0 saturated carbocycles.